The normalized spacial score (nSPS) is 9.27. The zero-order chi connectivity index (χ0) is 8.10. The molecular weight excluding hydrogens is 231 g/mol. The Bertz CT molecular complexity index is 244. The van der Waals surface area contributed by atoms with Crippen molar-refractivity contribution in [3.63, 3.8) is 0 Å². The SMILES string of the molecule is [Cl][Ti]([Cl])=[SiH]Cc1ccccc1. The fourth-order valence-electron chi connectivity index (χ4n) is 0.809. The molecule has 58 valence electrons. The van der Waals surface area contributed by atoms with Crippen LogP contribution in [0.5, 0.6) is 0 Å². The summed E-state index contributed by atoms with van der Waals surface area (Å²) >= 11 is -1.54. The number of benzene rings is 1. The molecule has 0 aromatic heterocycles. The molecule has 0 aliphatic rings. The van der Waals surface area contributed by atoms with Crippen LogP contribution in [0.15, 0.2) is 30.3 Å². The van der Waals surface area contributed by atoms with Gasteiger partial charge in [-0.25, -0.2) is 0 Å². The average molecular weight is 239 g/mol. The van der Waals surface area contributed by atoms with Gasteiger partial charge in [-0.2, -0.15) is 0 Å². The average Bonchev–Trinajstić information content (AvgIpc) is 2.03. The van der Waals surface area contributed by atoms with Gasteiger partial charge in [0.05, 0.1) is 0 Å². The summed E-state index contributed by atoms with van der Waals surface area (Å²) in [5.41, 5.74) is 1.37. The van der Waals surface area contributed by atoms with Gasteiger partial charge in [-0.05, 0) is 0 Å². The van der Waals surface area contributed by atoms with E-state index in [0.717, 1.165) is 6.04 Å². The van der Waals surface area contributed by atoms with Crippen molar-refractivity contribution >= 4 is 25.5 Å². The summed E-state index contributed by atoms with van der Waals surface area (Å²) in [5, 5.41) is 0. The van der Waals surface area contributed by atoms with E-state index in [1.54, 1.807) is 0 Å². The first-order chi connectivity index (χ1) is 5.29. The van der Waals surface area contributed by atoms with E-state index < -0.39 is 14.5 Å². The first-order valence-electron chi connectivity index (χ1n) is 3.34. The molecule has 0 atom stereocenters. The fourth-order valence-corrected chi connectivity index (χ4v) is 5.21. The van der Waals surface area contributed by atoms with Gasteiger partial charge in [0.25, 0.3) is 0 Å². The number of rotatable bonds is 2. The summed E-state index contributed by atoms with van der Waals surface area (Å²) in [6.45, 7) is 0.304. The van der Waals surface area contributed by atoms with Crippen LogP contribution in [0.4, 0.5) is 0 Å². The summed E-state index contributed by atoms with van der Waals surface area (Å²) in [6.07, 6.45) is 0. The Balaban J connectivity index is 2.59. The molecule has 1 aromatic carbocycles. The van der Waals surface area contributed by atoms with Crippen LogP contribution in [0.25, 0.3) is 0 Å². The Morgan fingerprint density at radius 2 is 1.82 bits per heavy atom. The quantitative estimate of drug-likeness (QED) is 0.695. The molecule has 0 N–H and O–H groups in total. The van der Waals surface area contributed by atoms with E-state index in [4.69, 9.17) is 18.6 Å². The molecule has 1 aromatic rings. The Morgan fingerprint density at radius 3 is 2.36 bits per heavy atom. The van der Waals surface area contributed by atoms with Crippen molar-refractivity contribution in [3.05, 3.63) is 35.9 Å². The van der Waals surface area contributed by atoms with Gasteiger partial charge >= 0.3 is 81.9 Å². The van der Waals surface area contributed by atoms with E-state index in [-0.39, 0.29) is 0 Å². The van der Waals surface area contributed by atoms with Crippen LogP contribution in [-0.4, -0.2) is 6.91 Å². The molecule has 0 saturated carbocycles. The first-order valence-corrected chi connectivity index (χ1v) is 11.7. The van der Waals surface area contributed by atoms with Crippen molar-refractivity contribution in [1.29, 1.82) is 0 Å². The molecule has 4 heteroatoms. The molecule has 0 heterocycles. The minimum absolute atomic E-state index is 0.304. The third-order valence-electron chi connectivity index (χ3n) is 1.33. The molecule has 0 nitrogen and oxygen atoms in total. The maximum absolute atomic E-state index is 5.80. The molecular formula is C7H8Cl2SiTi. The zero-order valence-electron chi connectivity index (χ0n) is 5.93. The topological polar surface area (TPSA) is 0 Å². The first kappa shape index (κ1) is 9.82. The zero-order valence-corrected chi connectivity index (χ0v) is 10.2. The Hall–Kier alpha value is 0.731. The Kier molecular flexibility index (Phi) is 4.81. The van der Waals surface area contributed by atoms with Crippen LogP contribution in [0.1, 0.15) is 5.56 Å². The molecule has 0 amide bonds. The van der Waals surface area contributed by atoms with Crippen molar-refractivity contribution in [2.75, 3.05) is 0 Å². The molecule has 0 aliphatic carbocycles. The second-order valence-electron chi connectivity index (χ2n) is 2.18. The van der Waals surface area contributed by atoms with E-state index in [1.165, 1.54) is 5.56 Å². The van der Waals surface area contributed by atoms with E-state index in [1.807, 2.05) is 6.07 Å². The van der Waals surface area contributed by atoms with Gasteiger partial charge in [-0.15, -0.1) is 0 Å². The van der Waals surface area contributed by atoms with E-state index >= 15 is 0 Å². The molecule has 1 rings (SSSR count). The van der Waals surface area contributed by atoms with Crippen molar-refractivity contribution < 1.29 is 14.5 Å². The standard InChI is InChI=1S/C7H8Si.2ClH.Ti/c8-6-7-4-2-1-3-5-7;;;/h1-5,8H,6H2;2*1H;/q;;;+2/p-2. The molecule has 0 saturated heterocycles. The van der Waals surface area contributed by atoms with Crippen molar-refractivity contribution in [3.8, 4) is 0 Å². The molecule has 0 radical (unpaired) electrons. The Labute approximate surface area is 81.5 Å². The van der Waals surface area contributed by atoms with Crippen LogP contribution in [0.3, 0.4) is 0 Å². The summed E-state index contributed by atoms with van der Waals surface area (Å²) in [7, 11) is 11.6. The molecule has 0 unspecified atom stereocenters. The fraction of sp³-hybridized carbons (Fsp3) is 0.143. The third kappa shape index (κ3) is 4.34. The monoisotopic (exact) mass is 238 g/mol. The van der Waals surface area contributed by atoms with Gasteiger partial charge in [-0.1, -0.05) is 0 Å². The van der Waals surface area contributed by atoms with Gasteiger partial charge in [0.2, 0.25) is 0 Å². The van der Waals surface area contributed by atoms with Crippen molar-refractivity contribution in [1.82, 2.24) is 0 Å². The van der Waals surface area contributed by atoms with E-state index in [0.29, 0.717) is 6.91 Å². The van der Waals surface area contributed by atoms with E-state index in [9.17, 15) is 0 Å². The van der Waals surface area contributed by atoms with Gasteiger partial charge in [-0.3, -0.25) is 0 Å². The van der Waals surface area contributed by atoms with E-state index in [2.05, 4.69) is 24.3 Å². The predicted octanol–water partition coefficient (Wildman–Crippen LogP) is 2.46. The van der Waals surface area contributed by atoms with Gasteiger partial charge in [0, 0.05) is 0 Å². The third-order valence-corrected chi connectivity index (χ3v) is 8.54. The Morgan fingerprint density at radius 1 is 1.18 bits per heavy atom. The van der Waals surface area contributed by atoms with Crippen LogP contribution >= 0.6 is 18.6 Å². The second kappa shape index (κ2) is 5.39. The van der Waals surface area contributed by atoms with Crippen LogP contribution in [0.2, 0.25) is 0 Å². The summed E-state index contributed by atoms with van der Waals surface area (Å²) in [4.78, 5) is 0. The van der Waals surface area contributed by atoms with Crippen LogP contribution in [0, 0.1) is 0 Å². The number of hydrogen-bond acceptors (Lipinski definition) is 0. The van der Waals surface area contributed by atoms with Crippen molar-refractivity contribution in [2.24, 2.45) is 0 Å². The number of hydrogen-bond donors (Lipinski definition) is 0. The predicted molar refractivity (Wildman–Crippen MR) is 49.0 cm³/mol. The summed E-state index contributed by atoms with van der Waals surface area (Å²) in [6, 6.07) is 11.5. The number of halogens is 2. The van der Waals surface area contributed by atoms with Crippen LogP contribution < -0.4 is 0 Å². The molecule has 0 spiro atoms. The van der Waals surface area contributed by atoms with Gasteiger partial charge in [0.15, 0.2) is 0 Å². The van der Waals surface area contributed by atoms with Crippen LogP contribution in [-0.2, 0) is 20.5 Å². The van der Waals surface area contributed by atoms with Gasteiger partial charge in [0.1, 0.15) is 0 Å². The summed E-state index contributed by atoms with van der Waals surface area (Å²) < 4.78 is 0. The molecule has 0 bridgehead atoms. The van der Waals surface area contributed by atoms with Crippen molar-refractivity contribution in [2.45, 2.75) is 6.04 Å². The molecule has 11 heavy (non-hydrogen) atoms. The molecule has 0 fully saturated rings. The van der Waals surface area contributed by atoms with Gasteiger partial charge < -0.3 is 0 Å². The summed E-state index contributed by atoms with van der Waals surface area (Å²) in [5.74, 6) is 0. The second-order valence-corrected chi connectivity index (χ2v) is 15.4. The minimum atomic E-state index is -1.54. The molecule has 0 aliphatic heterocycles. The maximum atomic E-state index is 5.80.